The molecule has 0 aromatic heterocycles. The van der Waals surface area contributed by atoms with Gasteiger partial charge in [0, 0.05) is 5.25 Å². The van der Waals surface area contributed by atoms with Crippen LogP contribution in [-0.2, 0) is 0 Å². The molecule has 0 radical (unpaired) electrons. The molecule has 1 heterocycles. The first-order valence-electron chi connectivity index (χ1n) is 4.99. The second-order valence-electron chi connectivity index (χ2n) is 2.96. The molecule has 3 heteroatoms. The molecule has 0 saturated carbocycles. The third-order valence-corrected chi connectivity index (χ3v) is 3.24. The highest BCUT2D eigenvalue weighted by Gasteiger charge is 2.17. The smallest absolute Gasteiger partial charge is 0.194 e. The Labute approximate surface area is 85.1 Å². The van der Waals surface area contributed by atoms with Crippen LogP contribution in [0.2, 0.25) is 0 Å². The first-order chi connectivity index (χ1) is 6.36. The minimum absolute atomic E-state index is 0.653. The number of allylic oxidation sites excluding steroid dienone is 1. The van der Waals surface area contributed by atoms with Crippen LogP contribution in [0.15, 0.2) is 11.8 Å². The van der Waals surface area contributed by atoms with E-state index in [0.29, 0.717) is 5.25 Å². The molecule has 0 aromatic rings. The Balaban J connectivity index is 0.000000396. The molecule has 74 valence electrons. The maximum atomic E-state index is 4.42. The van der Waals surface area contributed by atoms with Gasteiger partial charge in [-0.25, -0.2) is 0 Å². The number of hydrogen-bond acceptors (Lipinski definition) is 1. The number of thioether (sulfide) groups is 1. The van der Waals surface area contributed by atoms with Crippen LogP contribution in [0.1, 0.15) is 33.1 Å². The van der Waals surface area contributed by atoms with Crippen molar-refractivity contribution in [2.75, 3.05) is 7.05 Å². The van der Waals surface area contributed by atoms with Crippen molar-refractivity contribution in [2.45, 2.75) is 38.4 Å². The summed E-state index contributed by atoms with van der Waals surface area (Å²) in [6, 6.07) is 0. The summed E-state index contributed by atoms with van der Waals surface area (Å²) in [6.07, 6.45) is 6.10. The molecule has 0 fully saturated rings. The molecule has 0 saturated heterocycles. The minimum atomic E-state index is 0.653. The highest BCUT2D eigenvalue weighted by atomic mass is 32.2. The Kier molecular flexibility index (Phi) is 4.36. The minimum Gasteiger partial charge on any atom is -0.414 e. The van der Waals surface area contributed by atoms with Gasteiger partial charge in [-0.3, -0.25) is 4.68 Å². The second-order valence-corrected chi connectivity index (χ2v) is 4.02. The summed E-state index contributed by atoms with van der Waals surface area (Å²) >= 11 is 1.89. The Morgan fingerprint density at radius 2 is 2.31 bits per heavy atom. The lowest BCUT2D eigenvalue weighted by atomic mass is 10.0. The fourth-order valence-corrected chi connectivity index (χ4v) is 2.40. The summed E-state index contributed by atoms with van der Waals surface area (Å²) < 4.78 is 1.90. The standard InChI is InChI=1S/C8H12N2S.C2H6/c1-10-6-11-8-5-3-2-4-7(8)9-10;1-2/h4,6,8H,2-3,5H2,1H3;1-2H3. The Morgan fingerprint density at radius 1 is 1.54 bits per heavy atom. The summed E-state index contributed by atoms with van der Waals surface area (Å²) in [4.78, 5) is 0. The van der Waals surface area contributed by atoms with Crippen LogP contribution in [0.25, 0.3) is 5.43 Å². The fourth-order valence-electron chi connectivity index (χ4n) is 1.44. The molecule has 2 aliphatic rings. The third-order valence-electron chi connectivity index (χ3n) is 2.00. The van der Waals surface area contributed by atoms with E-state index in [1.807, 2.05) is 37.3 Å². The Morgan fingerprint density at radius 3 is 3.08 bits per heavy atom. The van der Waals surface area contributed by atoms with E-state index >= 15 is 0 Å². The van der Waals surface area contributed by atoms with E-state index in [4.69, 9.17) is 0 Å². The third kappa shape index (κ3) is 2.76. The van der Waals surface area contributed by atoms with Gasteiger partial charge in [-0.2, -0.15) is 0 Å². The summed E-state index contributed by atoms with van der Waals surface area (Å²) in [5.41, 5.74) is 7.80. The molecule has 2 rings (SSSR count). The van der Waals surface area contributed by atoms with Crippen molar-refractivity contribution in [3.05, 3.63) is 17.2 Å². The molecule has 0 amide bonds. The van der Waals surface area contributed by atoms with E-state index in [1.165, 1.54) is 25.0 Å². The number of fused-ring (bicyclic) bond motifs is 1. The van der Waals surface area contributed by atoms with Crippen molar-refractivity contribution in [3.63, 3.8) is 0 Å². The average Bonchev–Trinajstić information content (AvgIpc) is 2.21. The lowest BCUT2D eigenvalue weighted by molar-refractivity contribution is -0.434. The first kappa shape index (κ1) is 10.6. The maximum Gasteiger partial charge on any atom is 0.194 e. The maximum absolute atomic E-state index is 4.42. The van der Waals surface area contributed by atoms with E-state index in [-0.39, 0.29) is 0 Å². The zero-order valence-corrected chi connectivity index (χ0v) is 9.47. The average molecular weight is 198 g/mol. The van der Waals surface area contributed by atoms with Crippen molar-refractivity contribution >= 4 is 17.3 Å². The molecule has 0 N–H and O–H groups in total. The SMILES string of the molecule is CC.C[N+]1=CSC2CCCC=C2[N-]1. The van der Waals surface area contributed by atoms with Gasteiger partial charge < -0.3 is 5.43 Å². The zero-order chi connectivity index (χ0) is 9.68. The van der Waals surface area contributed by atoms with Gasteiger partial charge in [0.2, 0.25) is 0 Å². The topological polar surface area (TPSA) is 17.1 Å². The summed E-state index contributed by atoms with van der Waals surface area (Å²) in [7, 11) is 1.98. The van der Waals surface area contributed by atoms with E-state index < -0.39 is 0 Å². The normalized spacial score (nSPS) is 25.6. The number of rotatable bonds is 0. The van der Waals surface area contributed by atoms with Crippen molar-refractivity contribution < 1.29 is 4.68 Å². The van der Waals surface area contributed by atoms with Gasteiger partial charge in [-0.1, -0.05) is 37.4 Å². The molecule has 1 aliphatic heterocycles. The van der Waals surface area contributed by atoms with Gasteiger partial charge in [-0.05, 0) is 19.3 Å². The molecular formula is C10H18N2S. The molecule has 1 unspecified atom stereocenters. The fraction of sp³-hybridized carbons (Fsp3) is 0.700. The largest absolute Gasteiger partial charge is 0.414 e. The van der Waals surface area contributed by atoms with Gasteiger partial charge in [-0.15, -0.1) is 0 Å². The van der Waals surface area contributed by atoms with E-state index in [2.05, 4.69) is 17.0 Å². The lowest BCUT2D eigenvalue weighted by Crippen LogP contribution is -2.19. The Hall–Kier alpha value is -0.440. The van der Waals surface area contributed by atoms with Crippen LogP contribution in [0.5, 0.6) is 0 Å². The van der Waals surface area contributed by atoms with E-state index in [0.717, 1.165) is 0 Å². The summed E-state index contributed by atoms with van der Waals surface area (Å²) in [5.74, 6) is 0. The van der Waals surface area contributed by atoms with Gasteiger partial charge in [0.25, 0.3) is 0 Å². The summed E-state index contributed by atoms with van der Waals surface area (Å²) in [6.45, 7) is 4.00. The molecule has 1 atom stereocenters. The predicted octanol–water partition coefficient (Wildman–Crippen LogP) is 3.16. The molecule has 0 bridgehead atoms. The highest BCUT2D eigenvalue weighted by Crippen LogP contribution is 2.33. The molecule has 2 nitrogen and oxygen atoms in total. The van der Waals surface area contributed by atoms with Crippen LogP contribution >= 0.6 is 11.8 Å². The zero-order valence-electron chi connectivity index (χ0n) is 8.66. The summed E-state index contributed by atoms with van der Waals surface area (Å²) in [5, 5.41) is 0.653. The van der Waals surface area contributed by atoms with Gasteiger partial charge >= 0.3 is 0 Å². The van der Waals surface area contributed by atoms with Crippen molar-refractivity contribution in [2.24, 2.45) is 0 Å². The molecule has 0 aromatic carbocycles. The highest BCUT2D eigenvalue weighted by molar-refractivity contribution is 8.12. The first-order valence-corrected chi connectivity index (χ1v) is 5.94. The monoisotopic (exact) mass is 198 g/mol. The van der Waals surface area contributed by atoms with Gasteiger partial charge in [0.05, 0.1) is 0 Å². The van der Waals surface area contributed by atoms with Gasteiger partial charge in [0.1, 0.15) is 7.05 Å². The predicted molar refractivity (Wildman–Crippen MR) is 60.3 cm³/mol. The number of hydrogen-bond donors (Lipinski definition) is 0. The number of nitrogens with zero attached hydrogens (tertiary/aromatic N) is 2. The van der Waals surface area contributed by atoms with E-state index in [9.17, 15) is 0 Å². The van der Waals surface area contributed by atoms with Crippen LogP contribution in [-0.4, -0.2) is 22.5 Å². The van der Waals surface area contributed by atoms with Crippen LogP contribution < -0.4 is 0 Å². The molecule has 13 heavy (non-hydrogen) atoms. The second kappa shape index (κ2) is 5.32. The van der Waals surface area contributed by atoms with Crippen LogP contribution in [0.3, 0.4) is 0 Å². The van der Waals surface area contributed by atoms with Crippen LogP contribution in [0, 0.1) is 0 Å². The quantitative estimate of drug-likeness (QED) is 0.546. The molecule has 0 spiro atoms. The van der Waals surface area contributed by atoms with Crippen molar-refractivity contribution in [1.29, 1.82) is 0 Å². The lowest BCUT2D eigenvalue weighted by Gasteiger charge is -2.32. The van der Waals surface area contributed by atoms with Crippen LogP contribution in [0.4, 0.5) is 0 Å². The van der Waals surface area contributed by atoms with Crippen molar-refractivity contribution in [3.8, 4) is 0 Å². The molecular weight excluding hydrogens is 180 g/mol. The van der Waals surface area contributed by atoms with E-state index in [1.54, 1.807) is 0 Å². The van der Waals surface area contributed by atoms with Crippen molar-refractivity contribution in [1.82, 2.24) is 0 Å². The Bertz CT molecular complexity index is 221. The molecule has 1 aliphatic carbocycles. The van der Waals surface area contributed by atoms with Gasteiger partial charge in [0.15, 0.2) is 5.55 Å².